The maximum absolute atomic E-state index is 13.5. The van der Waals surface area contributed by atoms with E-state index in [1.165, 1.54) is 16.7 Å². The Balaban J connectivity index is 1.31. The molecule has 0 spiro atoms. The van der Waals surface area contributed by atoms with Gasteiger partial charge in [-0.15, -0.1) is 0 Å². The van der Waals surface area contributed by atoms with E-state index < -0.39 is 21.6 Å². The lowest BCUT2D eigenvalue weighted by molar-refractivity contribution is -0.137. The third kappa shape index (κ3) is 5.84. The van der Waals surface area contributed by atoms with Gasteiger partial charge >= 0.3 is 11.9 Å². The molecule has 0 bridgehead atoms. The van der Waals surface area contributed by atoms with Crippen molar-refractivity contribution in [2.45, 2.75) is 45.1 Å². The Hall–Kier alpha value is -3.09. The predicted molar refractivity (Wildman–Crippen MR) is 148 cm³/mol. The van der Waals surface area contributed by atoms with Crippen molar-refractivity contribution in [3.63, 3.8) is 0 Å². The number of nitrogens with one attached hydrogen (secondary N) is 1. The van der Waals surface area contributed by atoms with E-state index in [1.54, 1.807) is 16.7 Å². The van der Waals surface area contributed by atoms with Crippen LogP contribution in [0.15, 0.2) is 47.3 Å². The molecule has 5 rings (SSSR count). The van der Waals surface area contributed by atoms with Crippen LogP contribution in [0.25, 0.3) is 22.4 Å². The molecule has 40 heavy (non-hydrogen) atoms. The number of H-pyrrole nitrogens is 1. The first-order chi connectivity index (χ1) is 18.8. The lowest BCUT2D eigenvalue weighted by atomic mass is 10.0. The Bertz CT molecular complexity index is 1700. The van der Waals surface area contributed by atoms with Crippen molar-refractivity contribution in [1.29, 1.82) is 0 Å². The van der Waals surface area contributed by atoms with Crippen LogP contribution in [0.5, 0.6) is 0 Å². The van der Waals surface area contributed by atoms with Gasteiger partial charge in [0.25, 0.3) is 0 Å². The molecular formula is C27H29ClF3N5O3S. The number of hydrogen-bond donors (Lipinski definition) is 1. The van der Waals surface area contributed by atoms with E-state index in [4.69, 9.17) is 11.6 Å². The summed E-state index contributed by atoms with van der Waals surface area (Å²) in [6.45, 7) is 3.89. The van der Waals surface area contributed by atoms with Gasteiger partial charge in [0.05, 0.1) is 33.1 Å². The summed E-state index contributed by atoms with van der Waals surface area (Å²) in [5.41, 5.74) is 2.49. The summed E-state index contributed by atoms with van der Waals surface area (Å²) in [7, 11) is -3.27. The topological polar surface area (TPSA) is 93.0 Å². The summed E-state index contributed by atoms with van der Waals surface area (Å²) in [5.74, 6) is 0.356. The molecule has 0 aliphatic carbocycles. The molecule has 214 valence electrons. The first-order valence-corrected chi connectivity index (χ1v) is 15.3. The Morgan fingerprint density at radius 2 is 1.77 bits per heavy atom. The molecule has 1 fully saturated rings. The zero-order valence-corrected chi connectivity index (χ0v) is 23.6. The maximum Gasteiger partial charge on any atom is 0.416 e. The lowest BCUT2D eigenvalue weighted by Gasteiger charge is -2.32. The van der Waals surface area contributed by atoms with Gasteiger partial charge in [-0.05, 0) is 44.0 Å². The van der Waals surface area contributed by atoms with E-state index in [1.807, 2.05) is 13.0 Å². The number of para-hydroxylation sites is 1. The van der Waals surface area contributed by atoms with Crippen molar-refractivity contribution in [3.8, 4) is 11.4 Å². The third-order valence-electron chi connectivity index (χ3n) is 7.38. The Morgan fingerprint density at radius 3 is 2.40 bits per heavy atom. The minimum absolute atomic E-state index is 0.0312. The summed E-state index contributed by atoms with van der Waals surface area (Å²) < 4.78 is 65.5. The van der Waals surface area contributed by atoms with Gasteiger partial charge in [0.1, 0.15) is 15.7 Å². The molecule has 0 radical (unpaired) electrons. The number of rotatable bonds is 7. The number of imidazole rings is 2. The second kappa shape index (κ2) is 10.7. The number of aromatic amines is 1. The van der Waals surface area contributed by atoms with Crippen molar-refractivity contribution in [2.24, 2.45) is 0 Å². The molecule has 0 unspecified atom stereocenters. The second-order valence-corrected chi connectivity index (χ2v) is 12.9. The zero-order valence-electron chi connectivity index (χ0n) is 22.0. The molecule has 8 nitrogen and oxygen atoms in total. The second-order valence-electron chi connectivity index (χ2n) is 10.3. The van der Waals surface area contributed by atoms with Crippen molar-refractivity contribution >= 4 is 32.5 Å². The fourth-order valence-electron chi connectivity index (χ4n) is 5.26. The van der Waals surface area contributed by atoms with Gasteiger partial charge in [-0.25, -0.2) is 18.2 Å². The Morgan fingerprint density at radius 1 is 1.10 bits per heavy atom. The van der Waals surface area contributed by atoms with Crippen LogP contribution in [0.3, 0.4) is 0 Å². The summed E-state index contributed by atoms with van der Waals surface area (Å²) >= 11 is 6.45. The molecule has 3 heterocycles. The summed E-state index contributed by atoms with van der Waals surface area (Å²) in [6.07, 6.45) is -1.85. The molecule has 2 aromatic heterocycles. The van der Waals surface area contributed by atoms with Crippen LogP contribution in [0, 0.1) is 6.92 Å². The number of piperidine rings is 1. The van der Waals surface area contributed by atoms with E-state index in [9.17, 15) is 26.4 Å². The van der Waals surface area contributed by atoms with Crippen LogP contribution >= 0.6 is 11.6 Å². The Kier molecular flexibility index (Phi) is 7.62. The average Bonchev–Trinajstić information content (AvgIpc) is 3.39. The van der Waals surface area contributed by atoms with Crippen LogP contribution in [0.2, 0.25) is 5.02 Å². The lowest BCUT2D eigenvalue weighted by Crippen LogP contribution is -2.38. The normalized spacial score (nSPS) is 15.8. The number of aryl methyl sites for hydroxylation is 2. The standard InChI is InChI=1S/C27H29ClF3N5O3S/c1-17-22(33-25(32-17)18-6-8-19(9-7-18)27(29,30)31)16-34-12-10-20(11-13-34)36-23-5-3-4-21(28)24(23)35(26(36)37)14-15-40(2,38)39/h3-9,20H,10-16H2,1-2H3,(H,32,33). The molecule has 1 aliphatic rings. The highest BCUT2D eigenvalue weighted by Crippen LogP contribution is 2.32. The molecule has 1 N–H and O–H groups in total. The number of likely N-dealkylation sites (tertiary alicyclic amines) is 1. The molecule has 13 heteroatoms. The van der Waals surface area contributed by atoms with Crippen molar-refractivity contribution in [1.82, 2.24) is 24.0 Å². The van der Waals surface area contributed by atoms with E-state index in [2.05, 4.69) is 14.9 Å². The van der Waals surface area contributed by atoms with Crippen LogP contribution in [-0.4, -0.2) is 57.5 Å². The number of alkyl halides is 3. The first kappa shape index (κ1) is 28.4. The highest BCUT2D eigenvalue weighted by atomic mass is 35.5. The van der Waals surface area contributed by atoms with E-state index in [0.717, 1.165) is 29.8 Å². The van der Waals surface area contributed by atoms with Crippen molar-refractivity contribution < 1.29 is 21.6 Å². The minimum Gasteiger partial charge on any atom is -0.342 e. The van der Waals surface area contributed by atoms with Crippen LogP contribution in [-0.2, 0) is 29.1 Å². The quantitative estimate of drug-likeness (QED) is 0.323. The predicted octanol–water partition coefficient (Wildman–Crippen LogP) is 5.06. The van der Waals surface area contributed by atoms with E-state index in [-0.39, 0.29) is 24.0 Å². The molecule has 4 aromatic rings. The number of benzene rings is 2. The minimum atomic E-state index is -4.39. The molecule has 0 atom stereocenters. The van der Waals surface area contributed by atoms with Gasteiger partial charge in [0, 0.05) is 49.7 Å². The maximum atomic E-state index is 13.5. The summed E-state index contributed by atoms with van der Waals surface area (Å²) in [4.78, 5) is 23.5. The van der Waals surface area contributed by atoms with Gasteiger partial charge in [-0.2, -0.15) is 13.2 Å². The average molecular weight is 596 g/mol. The SMILES string of the molecule is Cc1[nH]c(-c2ccc(C(F)(F)F)cc2)nc1CN1CCC(n2c(=O)n(CCS(C)(=O)=O)c3c(Cl)cccc32)CC1. The largest absolute Gasteiger partial charge is 0.416 e. The Labute approximate surface area is 234 Å². The van der Waals surface area contributed by atoms with Gasteiger partial charge in [0.2, 0.25) is 0 Å². The number of halogens is 4. The summed E-state index contributed by atoms with van der Waals surface area (Å²) in [6, 6.07) is 10.1. The van der Waals surface area contributed by atoms with Crippen LogP contribution in [0.1, 0.15) is 35.8 Å². The molecule has 0 amide bonds. The molecule has 2 aromatic carbocycles. The number of nitrogens with zero attached hydrogens (tertiary/aromatic N) is 4. The molecule has 0 saturated carbocycles. The van der Waals surface area contributed by atoms with Crippen molar-refractivity contribution in [3.05, 3.63) is 74.9 Å². The van der Waals surface area contributed by atoms with Crippen LogP contribution in [0.4, 0.5) is 13.2 Å². The zero-order chi connectivity index (χ0) is 28.8. The van der Waals surface area contributed by atoms with E-state index >= 15 is 0 Å². The number of fused-ring (bicyclic) bond motifs is 1. The van der Waals surface area contributed by atoms with Gasteiger partial charge in [-0.1, -0.05) is 29.8 Å². The van der Waals surface area contributed by atoms with Gasteiger partial charge in [0.15, 0.2) is 0 Å². The van der Waals surface area contributed by atoms with Crippen molar-refractivity contribution in [2.75, 3.05) is 25.1 Å². The molecule has 1 aliphatic heterocycles. The first-order valence-electron chi connectivity index (χ1n) is 12.8. The third-order valence-corrected chi connectivity index (χ3v) is 8.61. The molecule has 1 saturated heterocycles. The molecular weight excluding hydrogens is 567 g/mol. The highest BCUT2D eigenvalue weighted by Gasteiger charge is 2.30. The number of aromatic nitrogens is 4. The fraction of sp³-hybridized carbons (Fsp3) is 0.407. The number of sulfone groups is 1. The van der Waals surface area contributed by atoms with Gasteiger partial charge < -0.3 is 4.98 Å². The number of hydrogen-bond acceptors (Lipinski definition) is 5. The smallest absolute Gasteiger partial charge is 0.342 e. The summed E-state index contributed by atoms with van der Waals surface area (Å²) in [5, 5.41) is 0.400. The van der Waals surface area contributed by atoms with Crippen LogP contribution < -0.4 is 5.69 Å². The fourth-order valence-corrected chi connectivity index (χ4v) is 6.05. The van der Waals surface area contributed by atoms with E-state index in [0.29, 0.717) is 59.9 Å². The monoisotopic (exact) mass is 595 g/mol. The van der Waals surface area contributed by atoms with Gasteiger partial charge in [-0.3, -0.25) is 14.0 Å². The highest BCUT2D eigenvalue weighted by molar-refractivity contribution is 7.90.